The number of nitrogens with one attached hydrogen (secondary N) is 1. The molecule has 11 aromatic rings. The van der Waals surface area contributed by atoms with Crippen LogP contribution in [0.5, 0.6) is 0 Å². The van der Waals surface area contributed by atoms with Gasteiger partial charge >= 0.3 is 0 Å². The zero-order chi connectivity index (χ0) is 37.5. The summed E-state index contributed by atoms with van der Waals surface area (Å²) in [6.07, 6.45) is -0.401. The van der Waals surface area contributed by atoms with E-state index in [4.69, 9.17) is 14.4 Å². The number of para-hydroxylation sites is 1. The van der Waals surface area contributed by atoms with Crippen molar-refractivity contribution in [2.45, 2.75) is 6.17 Å². The summed E-state index contributed by atoms with van der Waals surface area (Å²) in [5.74, 6) is 1.44. The third kappa shape index (κ3) is 5.26. The average Bonchev–Trinajstić information content (AvgIpc) is 3.97. The number of hydrogen-bond donors (Lipinski definition) is 1. The fraction of sp³-hybridized carbons (Fsp3) is 0.0196. The first-order valence-corrected chi connectivity index (χ1v) is 20.7. The summed E-state index contributed by atoms with van der Waals surface area (Å²) in [5.41, 5.74) is 9.20. The van der Waals surface area contributed by atoms with Crippen molar-refractivity contribution < 1.29 is 4.42 Å². The second-order valence-electron chi connectivity index (χ2n) is 14.5. The Bertz CT molecular complexity index is 3460. The van der Waals surface area contributed by atoms with Crippen LogP contribution in [0.3, 0.4) is 0 Å². The molecule has 268 valence electrons. The molecule has 1 N–H and O–H groups in total. The van der Waals surface area contributed by atoms with E-state index in [1.54, 1.807) is 0 Å². The van der Waals surface area contributed by atoms with E-state index >= 15 is 0 Å². The largest absolute Gasteiger partial charge is 0.456 e. The van der Waals surface area contributed by atoms with E-state index in [9.17, 15) is 0 Å². The van der Waals surface area contributed by atoms with Gasteiger partial charge in [-0.15, -0.1) is 22.7 Å². The number of hydrogen-bond acceptors (Lipinski definition) is 6. The maximum absolute atomic E-state index is 6.57. The highest BCUT2D eigenvalue weighted by Crippen LogP contribution is 2.45. The standard InChI is InChI=1S/C51H31N3OS2/c1-2-12-30(13-3-1)31-14-10-15-32(28-31)49-52-50(33-24-25-35-34-16-5-8-21-42(34)57-45(35)29-33)54-51(53-49)48-37(26-27-41-47(48)38-17-4-7-20-40(38)55-41)36-19-11-23-44-46(36)39-18-6-9-22-43(39)56-44/h1-29,50H,(H,52,53,54). The molecule has 3 aromatic heterocycles. The van der Waals surface area contributed by atoms with E-state index in [1.807, 2.05) is 34.8 Å². The van der Waals surface area contributed by atoms with Gasteiger partial charge in [0.25, 0.3) is 0 Å². The summed E-state index contributed by atoms with van der Waals surface area (Å²) in [5, 5.41) is 10.9. The molecule has 0 saturated carbocycles. The molecule has 1 atom stereocenters. The van der Waals surface area contributed by atoms with E-state index in [-0.39, 0.29) is 0 Å². The quantitative estimate of drug-likeness (QED) is 0.190. The summed E-state index contributed by atoms with van der Waals surface area (Å²) in [6.45, 7) is 0. The number of amidine groups is 2. The molecule has 0 aliphatic carbocycles. The normalized spacial score (nSPS) is 14.5. The highest BCUT2D eigenvalue weighted by atomic mass is 32.1. The number of rotatable bonds is 5. The Labute approximate surface area is 335 Å². The van der Waals surface area contributed by atoms with Crippen molar-refractivity contribution in [3.05, 3.63) is 193 Å². The molecule has 1 aliphatic heterocycles. The summed E-state index contributed by atoms with van der Waals surface area (Å²) in [6, 6.07) is 62.5. The molecule has 0 bridgehead atoms. The molecule has 0 fully saturated rings. The lowest BCUT2D eigenvalue weighted by Crippen LogP contribution is -2.33. The Kier molecular flexibility index (Phi) is 7.30. The summed E-state index contributed by atoms with van der Waals surface area (Å²) in [4.78, 5) is 11.1. The Morgan fingerprint density at radius 1 is 0.456 bits per heavy atom. The Morgan fingerprint density at radius 2 is 1.14 bits per heavy atom. The minimum atomic E-state index is -0.401. The van der Waals surface area contributed by atoms with Crippen molar-refractivity contribution >= 4 is 96.6 Å². The van der Waals surface area contributed by atoms with E-state index in [0.29, 0.717) is 5.84 Å². The molecule has 4 heterocycles. The van der Waals surface area contributed by atoms with Gasteiger partial charge in [0.1, 0.15) is 23.2 Å². The maximum Gasteiger partial charge on any atom is 0.160 e. The van der Waals surface area contributed by atoms with E-state index < -0.39 is 6.17 Å². The Balaban J connectivity index is 1.14. The van der Waals surface area contributed by atoms with Crippen molar-refractivity contribution in [1.29, 1.82) is 0 Å². The van der Waals surface area contributed by atoms with Crippen LogP contribution < -0.4 is 5.32 Å². The van der Waals surface area contributed by atoms with Crippen LogP contribution in [0, 0.1) is 0 Å². The first-order chi connectivity index (χ1) is 28.2. The van der Waals surface area contributed by atoms with Crippen LogP contribution in [0.4, 0.5) is 0 Å². The van der Waals surface area contributed by atoms with Gasteiger partial charge in [-0.2, -0.15) is 0 Å². The van der Waals surface area contributed by atoms with Crippen molar-refractivity contribution in [2.24, 2.45) is 9.98 Å². The molecule has 57 heavy (non-hydrogen) atoms. The highest BCUT2D eigenvalue weighted by molar-refractivity contribution is 7.26. The van der Waals surface area contributed by atoms with Crippen LogP contribution in [-0.2, 0) is 0 Å². The number of fused-ring (bicyclic) bond motifs is 9. The molecule has 4 nitrogen and oxygen atoms in total. The van der Waals surface area contributed by atoms with Crippen LogP contribution in [0.2, 0.25) is 0 Å². The molecule has 6 heteroatoms. The molecular formula is C51H31N3OS2. The number of benzene rings is 8. The van der Waals surface area contributed by atoms with Crippen LogP contribution in [0.15, 0.2) is 190 Å². The number of thiophene rings is 2. The molecule has 1 unspecified atom stereocenters. The highest BCUT2D eigenvalue weighted by Gasteiger charge is 2.28. The number of furan rings is 1. The lowest BCUT2D eigenvalue weighted by Gasteiger charge is -2.25. The smallest absolute Gasteiger partial charge is 0.160 e. The van der Waals surface area contributed by atoms with E-state index in [2.05, 4.69) is 169 Å². The number of nitrogens with zero attached hydrogens (tertiary/aromatic N) is 2. The van der Waals surface area contributed by atoms with Gasteiger partial charge in [0.15, 0.2) is 5.84 Å². The van der Waals surface area contributed by atoms with Gasteiger partial charge in [0.05, 0.1) is 0 Å². The lowest BCUT2D eigenvalue weighted by molar-refractivity contribution is 0.668. The second kappa shape index (κ2) is 12.8. The van der Waals surface area contributed by atoms with Crippen molar-refractivity contribution in [3.8, 4) is 22.3 Å². The van der Waals surface area contributed by atoms with Crippen LogP contribution in [0.25, 0.3) is 84.5 Å². The lowest BCUT2D eigenvalue weighted by atomic mass is 9.91. The molecule has 1 aliphatic rings. The molecule has 0 radical (unpaired) electrons. The van der Waals surface area contributed by atoms with Gasteiger partial charge in [-0.05, 0) is 76.3 Å². The van der Waals surface area contributed by atoms with E-state index in [0.717, 1.165) is 66.7 Å². The third-order valence-corrected chi connectivity index (χ3v) is 13.4. The predicted octanol–water partition coefficient (Wildman–Crippen LogP) is 14.2. The van der Waals surface area contributed by atoms with Gasteiger partial charge in [0.2, 0.25) is 0 Å². The summed E-state index contributed by atoms with van der Waals surface area (Å²) < 4.78 is 11.6. The average molecular weight is 766 g/mol. The monoisotopic (exact) mass is 765 g/mol. The minimum Gasteiger partial charge on any atom is -0.456 e. The molecule has 0 spiro atoms. The Morgan fingerprint density at radius 3 is 2.04 bits per heavy atom. The zero-order valence-electron chi connectivity index (χ0n) is 30.4. The number of aliphatic imine (C=N–C) groups is 2. The first-order valence-electron chi connectivity index (χ1n) is 19.1. The van der Waals surface area contributed by atoms with Gasteiger partial charge < -0.3 is 9.73 Å². The molecule has 8 aromatic carbocycles. The van der Waals surface area contributed by atoms with Gasteiger partial charge in [-0.1, -0.05) is 127 Å². The van der Waals surface area contributed by atoms with Crippen molar-refractivity contribution in [3.63, 3.8) is 0 Å². The van der Waals surface area contributed by atoms with Crippen LogP contribution >= 0.6 is 22.7 Å². The maximum atomic E-state index is 6.57. The zero-order valence-corrected chi connectivity index (χ0v) is 32.1. The van der Waals surface area contributed by atoms with Gasteiger partial charge in [-0.3, -0.25) is 0 Å². The van der Waals surface area contributed by atoms with Crippen LogP contribution in [-0.4, -0.2) is 11.7 Å². The second-order valence-corrected chi connectivity index (χ2v) is 16.7. The topological polar surface area (TPSA) is 49.9 Å². The summed E-state index contributed by atoms with van der Waals surface area (Å²) in [7, 11) is 0. The fourth-order valence-corrected chi connectivity index (χ4v) is 10.8. The first kappa shape index (κ1) is 32.4. The van der Waals surface area contributed by atoms with Crippen molar-refractivity contribution in [2.75, 3.05) is 0 Å². The SMILES string of the molecule is c1ccc(-c2cccc(C3=NC(c4c(-c5cccc6sc7ccccc7c56)ccc5oc6ccccc6c45)=NC(c4ccc5c(c4)sc4ccccc45)N3)c2)cc1. The van der Waals surface area contributed by atoms with E-state index in [1.165, 1.54) is 40.3 Å². The molecular weight excluding hydrogens is 735 g/mol. The molecule has 12 rings (SSSR count). The van der Waals surface area contributed by atoms with Gasteiger partial charge in [-0.25, -0.2) is 9.98 Å². The minimum absolute atomic E-state index is 0.401. The predicted molar refractivity (Wildman–Crippen MR) is 242 cm³/mol. The molecule has 0 saturated heterocycles. The summed E-state index contributed by atoms with van der Waals surface area (Å²) >= 11 is 3.65. The van der Waals surface area contributed by atoms with Crippen LogP contribution in [0.1, 0.15) is 22.9 Å². The van der Waals surface area contributed by atoms with Gasteiger partial charge in [0, 0.05) is 62.2 Å². The molecule has 0 amide bonds. The van der Waals surface area contributed by atoms with Crippen molar-refractivity contribution in [1.82, 2.24) is 5.32 Å². The fourth-order valence-electron chi connectivity index (χ4n) is 8.54. The third-order valence-electron chi connectivity index (χ3n) is 11.2. The Hall–Kier alpha value is -6.86.